The van der Waals surface area contributed by atoms with Crippen LogP contribution in [0.4, 0.5) is 0 Å². The number of carbonyl (C=O) groups is 3. The van der Waals surface area contributed by atoms with Gasteiger partial charge in [0.1, 0.15) is 0 Å². The van der Waals surface area contributed by atoms with Crippen molar-refractivity contribution >= 4 is 30.1 Å². The first kappa shape index (κ1) is 17.9. The van der Waals surface area contributed by atoms with Gasteiger partial charge in [0.2, 0.25) is 17.7 Å². The number of halogens is 1. The number of allylic oxidation sites excluding steroid dienone is 2. The van der Waals surface area contributed by atoms with E-state index < -0.39 is 6.04 Å². The molecule has 7 heteroatoms. The molecule has 0 radical (unpaired) electrons. The maximum Gasteiger partial charge on any atom is 0.237 e. The van der Waals surface area contributed by atoms with Crippen molar-refractivity contribution in [3.8, 4) is 0 Å². The number of fused-ring (bicyclic) bond motifs is 5. The summed E-state index contributed by atoms with van der Waals surface area (Å²) in [6.07, 6.45) is 5.08. The van der Waals surface area contributed by atoms with E-state index in [0.29, 0.717) is 0 Å². The summed E-state index contributed by atoms with van der Waals surface area (Å²) in [5.41, 5.74) is 5.76. The molecule has 0 aromatic heterocycles. The van der Waals surface area contributed by atoms with E-state index in [9.17, 15) is 14.4 Å². The van der Waals surface area contributed by atoms with E-state index in [4.69, 9.17) is 5.73 Å². The van der Waals surface area contributed by atoms with E-state index in [2.05, 4.69) is 17.5 Å². The van der Waals surface area contributed by atoms with Crippen LogP contribution in [0.2, 0.25) is 0 Å². The summed E-state index contributed by atoms with van der Waals surface area (Å²) in [6, 6.07) is -0.565. The Labute approximate surface area is 142 Å². The number of carbonyl (C=O) groups excluding carboxylic acids is 3. The van der Waals surface area contributed by atoms with Crippen molar-refractivity contribution in [3.05, 3.63) is 12.2 Å². The minimum Gasteiger partial charge on any atom is -0.353 e. The van der Waals surface area contributed by atoms with Gasteiger partial charge in [-0.25, -0.2) is 0 Å². The molecule has 6 nitrogen and oxygen atoms in total. The lowest BCUT2D eigenvalue weighted by Gasteiger charge is -2.19. The van der Waals surface area contributed by atoms with Gasteiger partial charge in [0.05, 0.1) is 17.9 Å². The Morgan fingerprint density at radius 1 is 1.26 bits per heavy atom. The van der Waals surface area contributed by atoms with Crippen molar-refractivity contribution in [1.29, 1.82) is 0 Å². The first-order chi connectivity index (χ1) is 10.4. The van der Waals surface area contributed by atoms with Crippen LogP contribution in [0.15, 0.2) is 12.2 Å². The van der Waals surface area contributed by atoms with Gasteiger partial charge in [-0.2, -0.15) is 0 Å². The lowest BCUT2D eigenvalue weighted by Crippen LogP contribution is -2.47. The molecular formula is C16H24ClN3O3. The van der Waals surface area contributed by atoms with Crippen molar-refractivity contribution in [1.82, 2.24) is 10.2 Å². The highest BCUT2D eigenvalue weighted by atomic mass is 35.5. The van der Waals surface area contributed by atoms with E-state index in [1.54, 1.807) is 0 Å². The number of hydrogen-bond acceptors (Lipinski definition) is 4. The van der Waals surface area contributed by atoms with Crippen LogP contribution < -0.4 is 11.1 Å². The second kappa shape index (κ2) is 6.61. The van der Waals surface area contributed by atoms with Gasteiger partial charge in [-0.15, -0.1) is 12.4 Å². The predicted molar refractivity (Wildman–Crippen MR) is 87.5 cm³/mol. The molecule has 23 heavy (non-hydrogen) atoms. The van der Waals surface area contributed by atoms with Crippen LogP contribution in [-0.2, 0) is 14.4 Å². The molecule has 0 aromatic rings. The number of nitrogens with one attached hydrogen (secondary N) is 1. The van der Waals surface area contributed by atoms with Crippen LogP contribution in [0.25, 0.3) is 0 Å². The number of rotatable bonds is 5. The average molecular weight is 342 g/mol. The molecule has 3 rings (SSSR count). The lowest BCUT2D eigenvalue weighted by atomic mass is 9.85. The molecule has 1 heterocycles. The second-order valence-electron chi connectivity index (χ2n) is 6.89. The zero-order chi connectivity index (χ0) is 16.0. The molecule has 0 aromatic carbocycles. The Hall–Kier alpha value is -1.40. The first-order valence-corrected chi connectivity index (χ1v) is 7.98. The third-order valence-corrected chi connectivity index (χ3v) is 5.22. The number of amides is 3. The fourth-order valence-electron chi connectivity index (χ4n) is 3.90. The zero-order valence-electron chi connectivity index (χ0n) is 13.4. The van der Waals surface area contributed by atoms with Crippen molar-refractivity contribution in [3.63, 3.8) is 0 Å². The summed E-state index contributed by atoms with van der Waals surface area (Å²) in [6.45, 7) is 4.25. The molecule has 2 fully saturated rings. The second-order valence-corrected chi connectivity index (χ2v) is 6.89. The third-order valence-electron chi connectivity index (χ3n) is 5.22. The van der Waals surface area contributed by atoms with Crippen molar-refractivity contribution in [2.24, 2.45) is 35.3 Å². The number of nitrogens with two attached hydrogens (primary N) is 1. The maximum absolute atomic E-state index is 12.4. The molecular weight excluding hydrogens is 318 g/mol. The van der Waals surface area contributed by atoms with Crippen LogP contribution in [-0.4, -0.2) is 41.8 Å². The quantitative estimate of drug-likeness (QED) is 0.556. The Balaban J connectivity index is 0.00000192. The number of likely N-dealkylation sites (tertiary alicyclic amines) is 1. The van der Waals surface area contributed by atoms with E-state index in [0.717, 1.165) is 6.42 Å². The van der Waals surface area contributed by atoms with Gasteiger partial charge in [0, 0.05) is 13.1 Å². The van der Waals surface area contributed by atoms with Gasteiger partial charge >= 0.3 is 0 Å². The van der Waals surface area contributed by atoms with Gasteiger partial charge in [-0.1, -0.05) is 26.0 Å². The number of imide groups is 1. The van der Waals surface area contributed by atoms with Gasteiger partial charge in [0.15, 0.2) is 0 Å². The largest absolute Gasteiger partial charge is 0.353 e. The Morgan fingerprint density at radius 2 is 1.78 bits per heavy atom. The lowest BCUT2D eigenvalue weighted by molar-refractivity contribution is -0.141. The van der Waals surface area contributed by atoms with E-state index in [1.165, 1.54) is 4.90 Å². The summed E-state index contributed by atoms with van der Waals surface area (Å²) in [7, 11) is 0. The predicted octanol–water partition coefficient (Wildman–Crippen LogP) is 0.315. The summed E-state index contributed by atoms with van der Waals surface area (Å²) >= 11 is 0. The molecule has 1 saturated heterocycles. The monoisotopic (exact) mass is 341 g/mol. The highest BCUT2D eigenvalue weighted by Crippen LogP contribution is 2.52. The molecule has 5 atom stereocenters. The normalized spacial score (nSPS) is 32.3. The molecule has 1 aliphatic heterocycles. The minimum atomic E-state index is -0.565. The van der Waals surface area contributed by atoms with Gasteiger partial charge < -0.3 is 11.1 Å². The fraction of sp³-hybridized carbons (Fsp3) is 0.688. The molecule has 4 unspecified atom stereocenters. The van der Waals surface area contributed by atoms with Crippen LogP contribution in [0.1, 0.15) is 20.3 Å². The summed E-state index contributed by atoms with van der Waals surface area (Å²) < 4.78 is 0. The molecule has 3 aliphatic rings. The van der Waals surface area contributed by atoms with Crippen LogP contribution >= 0.6 is 12.4 Å². The van der Waals surface area contributed by atoms with Gasteiger partial charge in [0.25, 0.3) is 0 Å². The topological polar surface area (TPSA) is 92.5 Å². The number of nitrogens with zero attached hydrogens (tertiary/aromatic N) is 1. The molecule has 1 saturated carbocycles. The van der Waals surface area contributed by atoms with E-state index in [1.807, 2.05) is 13.8 Å². The molecule has 128 valence electrons. The van der Waals surface area contributed by atoms with E-state index in [-0.39, 0.29) is 72.8 Å². The molecule has 2 aliphatic carbocycles. The first-order valence-electron chi connectivity index (χ1n) is 7.98. The van der Waals surface area contributed by atoms with Crippen molar-refractivity contribution in [2.45, 2.75) is 26.3 Å². The van der Waals surface area contributed by atoms with Gasteiger partial charge in [-0.3, -0.25) is 19.3 Å². The van der Waals surface area contributed by atoms with Crippen LogP contribution in [0.5, 0.6) is 0 Å². The summed E-state index contributed by atoms with van der Waals surface area (Å²) in [5, 5.41) is 2.71. The molecule has 0 spiro atoms. The Bertz CT molecular complexity index is 519. The minimum absolute atomic E-state index is 0. The molecule has 2 bridgehead atoms. The van der Waals surface area contributed by atoms with Crippen molar-refractivity contribution in [2.75, 3.05) is 13.1 Å². The standard InChI is InChI=1S/C16H23N3O3.ClH/c1-8(2)13(17)14(20)18-5-6-19-15(21)11-9-3-4-10(7-9)12(11)16(19)22;/h3-4,8-13H,5-7,17H2,1-2H3,(H,18,20);1H/t9?,10?,11?,12?,13-;/m0./s1. The average Bonchev–Trinajstić information content (AvgIpc) is 3.15. The Kier molecular flexibility index (Phi) is 5.16. The van der Waals surface area contributed by atoms with Crippen molar-refractivity contribution < 1.29 is 14.4 Å². The smallest absolute Gasteiger partial charge is 0.237 e. The highest BCUT2D eigenvalue weighted by molar-refractivity contribution is 6.06. The highest BCUT2D eigenvalue weighted by Gasteiger charge is 2.58. The van der Waals surface area contributed by atoms with Crippen LogP contribution in [0, 0.1) is 29.6 Å². The van der Waals surface area contributed by atoms with Crippen LogP contribution in [0.3, 0.4) is 0 Å². The van der Waals surface area contributed by atoms with E-state index >= 15 is 0 Å². The van der Waals surface area contributed by atoms with Gasteiger partial charge in [-0.05, 0) is 24.2 Å². The molecule has 3 N–H and O–H groups in total. The maximum atomic E-state index is 12.4. The third kappa shape index (κ3) is 2.90. The Morgan fingerprint density at radius 3 is 2.26 bits per heavy atom. The SMILES string of the molecule is CC(C)[C@H](N)C(=O)NCCN1C(=O)C2C3C=CC(C3)C2C1=O.Cl. The number of hydrogen-bond donors (Lipinski definition) is 2. The summed E-state index contributed by atoms with van der Waals surface area (Å²) in [5.74, 6) is -0.233. The zero-order valence-corrected chi connectivity index (χ0v) is 14.2. The summed E-state index contributed by atoms with van der Waals surface area (Å²) in [4.78, 5) is 38.0. The molecule has 3 amide bonds. The fourth-order valence-corrected chi connectivity index (χ4v) is 3.90.